The Kier molecular flexibility index (Phi) is 6.57. The molecule has 1 amide bonds. The SMILES string of the molecule is COc1cc(CNC(=O)c2ccc(-c3ccccc3C)nc2N(C)C)cc(OC)c1. The van der Waals surface area contributed by atoms with Crippen molar-refractivity contribution in [1.82, 2.24) is 10.3 Å². The summed E-state index contributed by atoms with van der Waals surface area (Å²) in [4.78, 5) is 19.5. The highest BCUT2D eigenvalue weighted by Crippen LogP contribution is 2.26. The topological polar surface area (TPSA) is 63.7 Å². The van der Waals surface area contributed by atoms with Gasteiger partial charge in [-0.1, -0.05) is 24.3 Å². The number of nitrogens with one attached hydrogen (secondary N) is 1. The van der Waals surface area contributed by atoms with Gasteiger partial charge in [-0.25, -0.2) is 4.98 Å². The number of amides is 1. The predicted molar refractivity (Wildman–Crippen MR) is 119 cm³/mol. The highest BCUT2D eigenvalue weighted by Gasteiger charge is 2.16. The molecule has 0 aliphatic heterocycles. The third kappa shape index (κ3) is 4.71. The van der Waals surface area contributed by atoms with E-state index in [4.69, 9.17) is 14.5 Å². The van der Waals surface area contributed by atoms with E-state index in [0.717, 1.165) is 22.4 Å². The van der Waals surface area contributed by atoms with Crippen molar-refractivity contribution in [2.45, 2.75) is 13.5 Å². The van der Waals surface area contributed by atoms with Crippen LogP contribution in [0, 0.1) is 6.92 Å². The normalized spacial score (nSPS) is 10.4. The first kappa shape index (κ1) is 21.2. The molecule has 30 heavy (non-hydrogen) atoms. The minimum atomic E-state index is -0.190. The average molecular weight is 405 g/mol. The second-order valence-corrected chi connectivity index (χ2v) is 7.18. The Labute approximate surface area is 177 Å². The maximum Gasteiger partial charge on any atom is 0.255 e. The molecule has 0 spiro atoms. The van der Waals surface area contributed by atoms with Crippen LogP contribution in [-0.2, 0) is 6.54 Å². The Balaban J connectivity index is 1.85. The van der Waals surface area contributed by atoms with Gasteiger partial charge in [-0.15, -0.1) is 0 Å². The van der Waals surface area contributed by atoms with E-state index in [1.165, 1.54) is 0 Å². The third-order valence-electron chi connectivity index (χ3n) is 4.83. The molecule has 0 aliphatic carbocycles. The second-order valence-electron chi connectivity index (χ2n) is 7.18. The molecule has 6 nitrogen and oxygen atoms in total. The molecule has 0 atom stereocenters. The number of benzene rings is 2. The smallest absolute Gasteiger partial charge is 0.255 e. The van der Waals surface area contributed by atoms with Crippen molar-refractivity contribution >= 4 is 11.7 Å². The fourth-order valence-electron chi connectivity index (χ4n) is 3.22. The number of ether oxygens (including phenoxy) is 2. The number of anilines is 1. The summed E-state index contributed by atoms with van der Waals surface area (Å²) in [5.41, 5.74) is 4.43. The number of rotatable bonds is 7. The molecule has 0 unspecified atom stereocenters. The number of hydrogen-bond donors (Lipinski definition) is 1. The molecule has 0 saturated heterocycles. The van der Waals surface area contributed by atoms with E-state index in [9.17, 15) is 4.79 Å². The number of methoxy groups -OCH3 is 2. The maximum atomic E-state index is 12.9. The van der Waals surface area contributed by atoms with Crippen LogP contribution in [0.15, 0.2) is 54.6 Å². The Morgan fingerprint density at radius 3 is 2.27 bits per heavy atom. The van der Waals surface area contributed by atoms with Gasteiger partial charge < -0.3 is 19.7 Å². The van der Waals surface area contributed by atoms with Gasteiger partial charge in [0.1, 0.15) is 17.3 Å². The molecule has 0 aliphatic rings. The number of nitrogens with zero attached hydrogens (tertiary/aromatic N) is 2. The summed E-state index contributed by atoms with van der Waals surface area (Å²) in [6.45, 7) is 2.40. The largest absolute Gasteiger partial charge is 0.497 e. The van der Waals surface area contributed by atoms with Crippen LogP contribution in [0.4, 0.5) is 5.82 Å². The van der Waals surface area contributed by atoms with Crippen molar-refractivity contribution in [1.29, 1.82) is 0 Å². The Morgan fingerprint density at radius 2 is 1.67 bits per heavy atom. The Morgan fingerprint density at radius 1 is 1.00 bits per heavy atom. The lowest BCUT2D eigenvalue weighted by Gasteiger charge is -2.18. The molecular weight excluding hydrogens is 378 g/mol. The van der Waals surface area contributed by atoms with Crippen LogP contribution in [0.25, 0.3) is 11.3 Å². The van der Waals surface area contributed by atoms with Crippen LogP contribution in [0.2, 0.25) is 0 Å². The van der Waals surface area contributed by atoms with Crippen molar-refractivity contribution in [2.24, 2.45) is 0 Å². The van der Waals surface area contributed by atoms with Crippen LogP contribution in [0.1, 0.15) is 21.5 Å². The molecule has 6 heteroatoms. The lowest BCUT2D eigenvalue weighted by molar-refractivity contribution is 0.0951. The van der Waals surface area contributed by atoms with Gasteiger partial charge in [-0.3, -0.25) is 4.79 Å². The molecule has 0 fully saturated rings. The summed E-state index contributed by atoms with van der Waals surface area (Å²) in [5, 5.41) is 2.97. The van der Waals surface area contributed by atoms with Crippen LogP contribution < -0.4 is 19.7 Å². The molecule has 0 radical (unpaired) electrons. The van der Waals surface area contributed by atoms with Gasteiger partial charge in [-0.05, 0) is 42.3 Å². The van der Waals surface area contributed by atoms with E-state index in [2.05, 4.69) is 18.3 Å². The Bertz CT molecular complexity index is 1030. The monoisotopic (exact) mass is 405 g/mol. The van der Waals surface area contributed by atoms with E-state index in [-0.39, 0.29) is 5.91 Å². The van der Waals surface area contributed by atoms with Crippen LogP contribution in [-0.4, -0.2) is 39.2 Å². The highest BCUT2D eigenvalue weighted by molar-refractivity contribution is 5.99. The highest BCUT2D eigenvalue weighted by atomic mass is 16.5. The fourth-order valence-corrected chi connectivity index (χ4v) is 3.22. The fraction of sp³-hybridized carbons (Fsp3) is 0.250. The molecule has 0 saturated carbocycles. The quantitative estimate of drug-likeness (QED) is 0.642. The van der Waals surface area contributed by atoms with E-state index in [0.29, 0.717) is 29.4 Å². The summed E-state index contributed by atoms with van der Waals surface area (Å²) in [6, 6.07) is 17.3. The molecule has 156 valence electrons. The number of pyridine rings is 1. The number of aryl methyl sites for hydroxylation is 1. The second kappa shape index (κ2) is 9.31. The third-order valence-corrected chi connectivity index (χ3v) is 4.83. The van der Waals surface area contributed by atoms with Crippen LogP contribution in [0.3, 0.4) is 0 Å². The number of aromatic nitrogens is 1. The first-order valence-corrected chi connectivity index (χ1v) is 9.67. The standard InChI is InChI=1S/C24H27N3O3/c1-16-8-6-7-9-20(16)22-11-10-21(23(26-22)27(2)3)24(28)25-15-17-12-18(29-4)14-19(13-17)30-5/h6-14H,15H2,1-5H3,(H,25,28). The van der Waals surface area contributed by atoms with Crippen LogP contribution in [0.5, 0.6) is 11.5 Å². The minimum Gasteiger partial charge on any atom is -0.497 e. The Hall–Kier alpha value is -3.54. The molecule has 3 rings (SSSR count). The minimum absolute atomic E-state index is 0.190. The van der Waals surface area contributed by atoms with E-state index in [1.54, 1.807) is 20.3 Å². The summed E-state index contributed by atoms with van der Waals surface area (Å²) >= 11 is 0. The lowest BCUT2D eigenvalue weighted by atomic mass is 10.0. The lowest BCUT2D eigenvalue weighted by Crippen LogP contribution is -2.26. The van der Waals surface area contributed by atoms with Crippen molar-refractivity contribution in [3.63, 3.8) is 0 Å². The number of carbonyl (C=O) groups excluding carboxylic acids is 1. The molecule has 3 aromatic rings. The van der Waals surface area contributed by atoms with Crippen molar-refractivity contribution in [2.75, 3.05) is 33.2 Å². The summed E-state index contributed by atoms with van der Waals surface area (Å²) < 4.78 is 10.6. The van der Waals surface area contributed by atoms with Gasteiger partial charge in [0.25, 0.3) is 5.91 Å². The summed E-state index contributed by atoms with van der Waals surface area (Å²) in [7, 11) is 6.96. The molecule has 1 heterocycles. The van der Waals surface area contributed by atoms with Gasteiger partial charge in [0.15, 0.2) is 0 Å². The van der Waals surface area contributed by atoms with Crippen molar-refractivity contribution in [3.8, 4) is 22.8 Å². The zero-order valence-corrected chi connectivity index (χ0v) is 18.0. The van der Waals surface area contributed by atoms with E-state index in [1.807, 2.05) is 61.5 Å². The van der Waals surface area contributed by atoms with Gasteiger partial charge in [-0.2, -0.15) is 0 Å². The predicted octanol–water partition coefficient (Wildman–Crippen LogP) is 4.07. The zero-order valence-electron chi connectivity index (χ0n) is 18.0. The first-order valence-electron chi connectivity index (χ1n) is 9.67. The molecular formula is C24H27N3O3. The summed E-state index contributed by atoms with van der Waals surface area (Å²) in [6.07, 6.45) is 0. The maximum absolute atomic E-state index is 12.9. The molecule has 0 bridgehead atoms. The van der Waals surface area contributed by atoms with Gasteiger partial charge in [0, 0.05) is 32.3 Å². The molecule has 2 aromatic carbocycles. The first-order chi connectivity index (χ1) is 14.4. The van der Waals surface area contributed by atoms with E-state index >= 15 is 0 Å². The number of hydrogen-bond acceptors (Lipinski definition) is 5. The molecule has 1 N–H and O–H groups in total. The van der Waals surface area contributed by atoms with Crippen molar-refractivity contribution in [3.05, 3.63) is 71.3 Å². The van der Waals surface area contributed by atoms with Crippen LogP contribution >= 0.6 is 0 Å². The number of carbonyl (C=O) groups is 1. The summed E-state index contributed by atoms with van der Waals surface area (Å²) in [5.74, 6) is 1.79. The zero-order chi connectivity index (χ0) is 21.7. The molecule has 1 aromatic heterocycles. The average Bonchev–Trinajstić information content (AvgIpc) is 2.77. The van der Waals surface area contributed by atoms with E-state index < -0.39 is 0 Å². The van der Waals surface area contributed by atoms with Gasteiger partial charge in [0.2, 0.25) is 0 Å². The van der Waals surface area contributed by atoms with Gasteiger partial charge >= 0.3 is 0 Å². The van der Waals surface area contributed by atoms with Crippen molar-refractivity contribution < 1.29 is 14.3 Å². The van der Waals surface area contributed by atoms with Gasteiger partial charge in [0.05, 0.1) is 25.5 Å².